The molecule has 0 radical (unpaired) electrons. The molecular weight excluding hydrogens is 304 g/mol. The van der Waals surface area contributed by atoms with E-state index in [1.807, 2.05) is 6.08 Å². The Morgan fingerprint density at radius 2 is 1.18 bits per heavy atom. The zero-order valence-corrected chi connectivity index (χ0v) is 14.7. The second-order valence-electron chi connectivity index (χ2n) is 5.49. The standard InChI is InChI=1S/C16H32O.H2O4S/c1-2-3-4-5-6-7-8-9-10-11-12-13-14-15-16-17;1-5(2,3)4/h15-17H,2-14H2,1H3;(H2,1,2,3,4). The van der Waals surface area contributed by atoms with Crippen molar-refractivity contribution in [3.63, 3.8) is 0 Å². The van der Waals surface area contributed by atoms with Crippen molar-refractivity contribution >= 4 is 10.4 Å². The van der Waals surface area contributed by atoms with Crippen molar-refractivity contribution in [3.05, 3.63) is 12.3 Å². The first kappa shape index (κ1) is 23.7. The third-order valence-electron chi connectivity index (χ3n) is 3.33. The highest BCUT2D eigenvalue weighted by Gasteiger charge is 1.92. The van der Waals surface area contributed by atoms with E-state index < -0.39 is 10.4 Å². The lowest BCUT2D eigenvalue weighted by Gasteiger charge is -2.02. The quantitative estimate of drug-likeness (QED) is 0.206. The maximum atomic E-state index is 8.63. The number of hydrogen-bond acceptors (Lipinski definition) is 4. The molecule has 0 spiro atoms. The van der Waals surface area contributed by atoms with Crippen LogP contribution in [-0.4, -0.2) is 22.6 Å². The van der Waals surface area contributed by atoms with Gasteiger partial charge < -0.3 is 9.66 Å². The van der Waals surface area contributed by atoms with Gasteiger partial charge in [0.1, 0.15) is 0 Å². The normalized spacial score (nSPS) is 11.4. The van der Waals surface area contributed by atoms with Crippen LogP contribution in [-0.2, 0) is 10.4 Å². The molecule has 5 nitrogen and oxygen atoms in total. The topological polar surface area (TPSA) is 97.7 Å². The number of unbranched alkanes of at least 4 members (excludes halogenated alkanes) is 12. The van der Waals surface area contributed by atoms with Crippen LogP contribution in [0, 0.1) is 0 Å². The van der Waals surface area contributed by atoms with Crippen molar-refractivity contribution in [2.45, 2.75) is 90.4 Å². The Hall–Kier alpha value is -0.590. The molecule has 0 fully saturated rings. The van der Waals surface area contributed by atoms with Crippen LogP contribution in [0.25, 0.3) is 0 Å². The van der Waals surface area contributed by atoms with Crippen LogP contribution in [0.4, 0.5) is 0 Å². The van der Waals surface area contributed by atoms with Gasteiger partial charge in [-0.15, -0.1) is 0 Å². The van der Waals surface area contributed by atoms with Gasteiger partial charge in [-0.1, -0.05) is 83.6 Å². The summed E-state index contributed by atoms with van der Waals surface area (Å²) in [5.41, 5.74) is 0. The predicted octanol–water partition coefficient (Wildman–Crippen LogP) is 5.27. The Bertz CT molecular complexity index is 323. The van der Waals surface area contributed by atoms with Gasteiger partial charge in [0.25, 0.3) is 0 Å². The average molecular weight is 339 g/mol. The van der Waals surface area contributed by atoms with Gasteiger partial charge in [0, 0.05) is 0 Å². The molecule has 0 aromatic rings. The molecular formula is C16H34O5S. The van der Waals surface area contributed by atoms with Gasteiger partial charge in [-0.2, -0.15) is 0 Å². The van der Waals surface area contributed by atoms with Crippen LogP contribution in [0.2, 0.25) is 0 Å². The molecule has 2 N–H and O–H groups in total. The van der Waals surface area contributed by atoms with Crippen LogP contribution >= 0.6 is 0 Å². The van der Waals surface area contributed by atoms with E-state index in [2.05, 4.69) is 6.92 Å². The Morgan fingerprint density at radius 1 is 0.864 bits per heavy atom. The SMILES string of the molecule is CCCCCCCCCCCCCCC=CO.O=S(=O)([O-])O.[H+]. The van der Waals surface area contributed by atoms with Gasteiger partial charge in [-0.05, 0) is 12.8 Å². The molecule has 0 aromatic carbocycles. The average Bonchev–Trinajstić information content (AvgIpc) is 2.42. The van der Waals surface area contributed by atoms with E-state index in [1.165, 1.54) is 83.3 Å². The van der Waals surface area contributed by atoms with Crippen molar-refractivity contribution < 1.29 is 24.1 Å². The summed E-state index contributed by atoms with van der Waals surface area (Å²) in [6, 6.07) is 0. The third-order valence-corrected chi connectivity index (χ3v) is 3.33. The highest BCUT2D eigenvalue weighted by molar-refractivity contribution is 7.79. The summed E-state index contributed by atoms with van der Waals surface area (Å²) >= 11 is 0. The Balaban J connectivity index is -0.000000578. The zero-order valence-electron chi connectivity index (χ0n) is 14.9. The molecule has 6 heteroatoms. The first-order valence-electron chi connectivity index (χ1n) is 8.39. The molecule has 0 rings (SSSR count). The van der Waals surface area contributed by atoms with E-state index in [4.69, 9.17) is 22.6 Å². The molecule has 0 heterocycles. The molecule has 22 heavy (non-hydrogen) atoms. The molecule has 0 aliphatic heterocycles. The molecule has 0 saturated carbocycles. The molecule has 0 aromatic heterocycles. The summed E-state index contributed by atoms with van der Waals surface area (Å²) in [6.45, 7) is 2.27. The summed E-state index contributed by atoms with van der Waals surface area (Å²) < 4.78 is 32.8. The van der Waals surface area contributed by atoms with Crippen LogP contribution in [0.5, 0.6) is 0 Å². The number of allylic oxidation sites excluding steroid dienone is 1. The number of rotatable bonds is 13. The number of aliphatic hydroxyl groups is 1. The van der Waals surface area contributed by atoms with Gasteiger partial charge in [0.2, 0.25) is 10.4 Å². The van der Waals surface area contributed by atoms with Gasteiger partial charge in [-0.25, -0.2) is 8.42 Å². The molecule has 0 unspecified atom stereocenters. The number of aliphatic hydroxyl groups excluding tert-OH is 1. The minimum Gasteiger partial charge on any atom is -0.726 e. The molecule has 0 atom stereocenters. The van der Waals surface area contributed by atoms with E-state index >= 15 is 0 Å². The largest absolute Gasteiger partial charge is 1.00 e. The van der Waals surface area contributed by atoms with Crippen molar-refractivity contribution in [1.29, 1.82) is 0 Å². The van der Waals surface area contributed by atoms with Gasteiger partial charge >= 0.3 is 1.43 Å². The molecule has 0 bridgehead atoms. The van der Waals surface area contributed by atoms with E-state index in [1.54, 1.807) is 0 Å². The highest BCUT2D eigenvalue weighted by Crippen LogP contribution is 2.12. The van der Waals surface area contributed by atoms with Crippen LogP contribution < -0.4 is 0 Å². The Labute approximate surface area is 137 Å². The van der Waals surface area contributed by atoms with Gasteiger partial charge in [0.15, 0.2) is 0 Å². The minimum atomic E-state index is -4.92. The summed E-state index contributed by atoms with van der Waals surface area (Å²) in [5.74, 6) is 0. The third kappa shape index (κ3) is 36.6. The molecule has 0 aliphatic carbocycles. The zero-order chi connectivity index (χ0) is 17.1. The van der Waals surface area contributed by atoms with Crippen LogP contribution in [0.3, 0.4) is 0 Å². The molecule has 0 saturated heterocycles. The van der Waals surface area contributed by atoms with Crippen LogP contribution in [0.15, 0.2) is 12.3 Å². The van der Waals surface area contributed by atoms with Crippen molar-refractivity contribution in [2.75, 3.05) is 0 Å². The van der Waals surface area contributed by atoms with E-state index in [0.717, 1.165) is 6.42 Å². The fraction of sp³-hybridized carbons (Fsp3) is 0.875. The fourth-order valence-electron chi connectivity index (χ4n) is 2.18. The lowest BCUT2D eigenvalue weighted by atomic mass is 10.0. The monoisotopic (exact) mass is 338 g/mol. The molecule has 0 amide bonds. The second kappa shape index (κ2) is 18.5. The summed E-state index contributed by atoms with van der Waals surface area (Å²) in [4.78, 5) is 0. The van der Waals surface area contributed by atoms with E-state index in [0.29, 0.717) is 0 Å². The maximum absolute atomic E-state index is 8.63. The van der Waals surface area contributed by atoms with Crippen LogP contribution in [0.1, 0.15) is 91.8 Å². The number of hydrogen-bond donors (Lipinski definition) is 2. The first-order chi connectivity index (χ1) is 10.4. The highest BCUT2D eigenvalue weighted by atomic mass is 32.3. The predicted molar refractivity (Wildman–Crippen MR) is 90.9 cm³/mol. The summed E-state index contributed by atoms with van der Waals surface area (Å²) in [5, 5.41) is 8.46. The Kier molecular flexibility index (Phi) is 19.9. The molecule has 0 aliphatic rings. The van der Waals surface area contributed by atoms with E-state index in [-0.39, 0.29) is 1.43 Å². The van der Waals surface area contributed by atoms with Gasteiger partial charge in [0.05, 0.1) is 6.26 Å². The lowest BCUT2D eigenvalue weighted by molar-refractivity contribution is 0.366. The smallest absolute Gasteiger partial charge is 0.726 e. The Morgan fingerprint density at radius 3 is 1.50 bits per heavy atom. The van der Waals surface area contributed by atoms with Crippen molar-refractivity contribution in [3.8, 4) is 0 Å². The summed E-state index contributed by atoms with van der Waals surface area (Å²) in [7, 11) is -4.92. The second-order valence-corrected chi connectivity index (χ2v) is 6.35. The first-order valence-corrected chi connectivity index (χ1v) is 9.75. The lowest BCUT2D eigenvalue weighted by Crippen LogP contribution is -1.90. The van der Waals surface area contributed by atoms with E-state index in [9.17, 15) is 0 Å². The maximum Gasteiger partial charge on any atom is 1.00 e. The fourth-order valence-corrected chi connectivity index (χ4v) is 2.18. The van der Waals surface area contributed by atoms with Crippen molar-refractivity contribution in [1.82, 2.24) is 0 Å². The minimum absolute atomic E-state index is 0. The van der Waals surface area contributed by atoms with Crippen molar-refractivity contribution in [2.24, 2.45) is 0 Å². The molecule has 134 valence electrons. The van der Waals surface area contributed by atoms with Gasteiger partial charge in [-0.3, -0.25) is 4.55 Å². The summed E-state index contributed by atoms with van der Waals surface area (Å²) in [6.07, 6.45) is 20.8.